The van der Waals surface area contributed by atoms with Crippen LogP contribution in [0.4, 0.5) is 24.5 Å². The summed E-state index contributed by atoms with van der Waals surface area (Å²) in [4.78, 5) is 0. The van der Waals surface area contributed by atoms with E-state index < -0.39 is 15.5 Å². The summed E-state index contributed by atoms with van der Waals surface area (Å²) in [5.41, 5.74) is -3.97. The molecular weight excluding hydrogens is 450 g/mol. The van der Waals surface area contributed by atoms with Gasteiger partial charge in [-0.05, 0) is 45.0 Å². The van der Waals surface area contributed by atoms with Gasteiger partial charge in [-0.2, -0.15) is 26.7 Å². The van der Waals surface area contributed by atoms with E-state index in [1.807, 2.05) is 0 Å². The van der Waals surface area contributed by atoms with E-state index in [1.165, 1.54) is 17.1 Å². The molecule has 0 radical (unpaired) electrons. The first-order valence-electron chi connectivity index (χ1n) is 8.34. The van der Waals surface area contributed by atoms with Gasteiger partial charge in [-0.1, -0.05) is 40.9 Å². The van der Waals surface area contributed by atoms with Gasteiger partial charge in [-0.3, -0.25) is 9.73 Å². The number of aryl methyl sites for hydroxylation is 1. The smallest absolute Gasteiger partial charge is 0.275 e. The molecule has 2 rings (SSSR count). The molecule has 0 aromatic heterocycles. The lowest BCUT2D eigenvalue weighted by molar-refractivity contribution is -0.0429. The zero-order valence-electron chi connectivity index (χ0n) is 15.7. The lowest BCUT2D eigenvalue weighted by Crippen LogP contribution is -2.30. The van der Waals surface area contributed by atoms with Gasteiger partial charge in [-0.15, -0.1) is 0 Å². The summed E-state index contributed by atoms with van der Waals surface area (Å²) in [5.74, 6) is 0. The van der Waals surface area contributed by atoms with Crippen LogP contribution in [-0.4, -0.2) is 26.2 Å². The molecule has 0 spiro atoms. The van der Waals surface area contributed by atoms with Gasteiger partial charge < -0.3 is 0 Å². The number of alkyl halides is 3. The van der Waals surface area contributed by atoms with Crippen LogP contribution in [0.15, 0.2) is 41.5 Å². The monoisotopic (exact) mass is 467 g/mol. The lowest BCUT2D eigenvalue weighted by atomic mass is 10.1. The number of nitrogens with zero attached hydrogens (tertiary/aromatic N) is 2. The predicted octanol–water partition coefficient (Wildman–Crippen LogP) is 5.81. The number of benzene rings is 2. The summed E-state index contributed by atoms with van der Waals surface area (Å²) in [7, 11) is -5.58. The third-order valence-corrected chi connectivity index (χ3v) is 5.80. The van der Waals surface area contributed by atoms with Gasteiger partial charge in [-0.25, -0.2) is 0 Å². The molecule has 158 valence electrons. The fraction of sp³-hybridized carbons (Fsp3) is 0.278. The number of halogens is 5. The number of hydrazone groups is 1. The van der Waals surface area contributed by atoms with E-state index >= 15 is 0 Å². The topological polar surface area (TPSA) is 61.8 Å². The zero-order chi connectivity index (χ0) is 22.0. The summed E-state index contributed by atoms with van der Waals surface area (Å²) in [6.45, 7) is 5.47. The molecule has 5 nitrogen and oxygen atoms in total. The van der Waals surface area contributed by atoms with Gasteiger partial charge in [0.05, 0.1) is 27.1 Å². The Hall–Kier alpha value is -1.97. The van der Waals surface area contributed by atoms with Gasteiger partial charge in [0.2, 0.25) is 0 Å². The highest BCUT2D eigenvalue weighted by Crippen LogP contribution is 2.33. The molecule has 0 aliphatic heterocycles. The van der Waals surface area contributed by atoms with Crippen LogP contribution in [0.5, 0.6) is 0 Å². The fourth-order valence-corrected chi connectivity index (χ4v) is 3.45. The third kappa shape index (κ3) is 5.34. The molecular formula is C18H18Cl2F3N3O2S. The minimum atomic E-state index is -5.58. The van der Waals surface area contributed by atoms with E-state index in [9.17, 15) is 21.6 Å². The SMILES string of the molecule is CCN(/N=C(\C)c1cc(C)ccc1NS(=O)(=O)C(F)(F)F)c1cccc(Cl)c1Cl. The minimum Gasteiger partial charge on any atom is -0.275 e. The summed E-state index contributed by atoms with van der Waals surface area (Å²) < 4.78 is 63.0. The summed E-state index contributed by atoms with van der Waals surface area (Å²) >= 11 is 12.3. The van der Waals surface area contributed by atoms with E-state index in [1.54, 1.807) is 49.8 Å². The van der Waals surface area contributed by atoms with Crippen molar-refractivity contribution < 1.29 is 21.6 Å². The predicted molar refractivity (Wildman–Crippen MR) is 111 cm³/mol. The van der Waals surface area contributed by atoms with E-state index in [4.69, 9.17) is 23.2 Å². The summed E-state index contributed by atoms with van der Waals surface area (Å²) in [6, 6.07) is 9.29. The summed E-state index contributed by atoms with van der Waals surface area (Å²) in [5, 5.41) is 6.54. The van der Waals surface area contributed by atoms with E-state index in [0.717, 1.165) is 0 Å². The molecule has 0 atom stereocenters. The molecule has 0 bridgehead atoms. The van der Waals surface area contributed by atoms with Crippen LogP contribution in [-0.2, 0) is 10.0 Å². The number of hydrogen-bond donors (Lipinski definition) is 1. The van der Waals surface area contributed by atoms with Crippen LogP contribution in [0.2, 0.25) is 10.0 Å². The number of sulfonamides is 1. The van der Waals surface area contributed by atoms with Crippen molar-refractivity contribution >= 4 is 50.3 Å². The number of rotatable bonds is 6. The van der Waals surface area contributed by atoms with Gasteiger partial charge in [0.15, 0.2) is 0 Å². The van der Waals surface area contributed by atoms with Crippen molar-refractivity contribution in [3.05, 3.63) is 57.6 Å². The Balaban J connectivity index is 2.52. The van der Waals surface area contributed by atoms with Gasteiger partial charge in [0.1, 0.15) is 0 Å². The number of anilines is 2. The van der Waals surface area contributed by atoms with E-state index in [0.29, 0.717) is 22.8 Å². The Morgan fingerprint density at radius 2 is 1.86 bits per heavy atom. The average molecular weight is 468 g/mol. The van der Waals surface area contributed by atoms with Crippen LogP contribution >= 0.6 is 23.2 Å². The Labute approximate surface area is 177 Å². The second kappa shape index (κ2) is 8.81. The Kier molecular flexibility index (Phi) is 7.08. The van der Waals surface area contributed by atoms with Crippen molar-refractivity contribution in [1.29, 1.82) is 0 Å². The lowest BCUT2D eigenvalue weighted by Gasteiger charge is -2.21. The molecule has 1 N–H and O–H groups in total. The molecule has 2 aromatic carbocycles. The third-order valence-electron chi connectivity index (χ3n) is 3.89. The summed E-state index contributed by atoms with van der Waals surface area (Å²) in [6.07, 6.45) is 0. The van der Waals surface area contributed by atoms with Crippen LogP contribution in [0.3, 0.4) is 0 Å². The van der Waals surface area contributed by atoms with Crippen molar-refractivity contribution in [2.75, 3.05) is 16.3 Å². The normalized spacial score (nSPS) is 12.8. The Bertz CT molecular complexity index is 1040. The van der Waals surface area contributed by atoms with Gasteiger partial charge in [0, 0.05) is 12.1 Å². The highest BCUT2D eigenvalue weighted by Gasteiger charge is 2.46. The minimum absolute atomic E-state index is 0.203. The molecule has 0 fully saturated rings. The number of hydrogen-bond acceptors (Lipinski definition) is 4. The van der Waals surface area contributed by atoms with Crippen LogP contribution < -0.4 is 9.73 Å². The highest BCUT2D eigenvalue weighted by atomic mass is 35.5. The quantitative estimate of drug-likeness (QED) is 0.430. The maximum absolute atomic E-state index is 12.8. The maximum atomic E-state index is 12.8. The van der Waals surface area contributed by atoms with E-state index in [2.05, 4.69) is 5.10 Å². The van der Waals surface area contributed by atoms with Crippen molar-refractivity contribution in [2.45, 2.75) is 26.3 Å². The molecule has 0 amide bonds. The van der Waals surface area contributed by atoms with Crippen molar-refractivity contribution in [3.63, 3.8) is 0 Å². The Morgan fingerprint density at radius 1 is 1.21 bits per heavy atom. The Morgan fingerprint density at radius 3 is 2.45 bits per heavy atom. The fourth-order valence-electron chi connectivity index (χ4n) is 2.47. The first kappa shape index (κ1) is 23.3. The van der Waals surface area contributed by atoms with Crippen molar-refractivity contribution in [1.82, 2.24) is 0 Å². The molecule has 11 heteroatoms. The van der Waals surface area contributed by atoms with Crippen LogP contribution in [0.25, 0.3) is 0 Å². The first-order valence-corrected chi connectivity index (χ1v) is 10.6. The molecule has 29 heavy (non-hydrogen) atoms. The molecule has 0 aliphatic rings. The van der Waals surface area contributed by atoms with Gasteiger partial charge >= 0.3 is 15.5 Å². The van der Waals surface area contributed by atoms with Crippen LogP contribution in [0, 0.1) is 6.92 Å². The maximum Gasteiger partial charge on any atom is 0.516 e. The molecule has 0 aliphatic carbocycles. The first-order chi connectivity index (χ1) is 13.4. The largest absolute Gasteiger partial charge is 0.516 e. The molecule has 0 unspecified atom stereocenters. The zero-order valence-corrected chi connectivity index (χ0v) is 18.0. The second-order valence-corrected chi connectivity index (χ2v) is 8.53. The van der Waals surface area contributed by atoms with E-state index in [-0.39, 0.29) is 22.0 Å². The molecule has 0 saturated carbocycles. The number of nitrogens with one attached hydrogen (secondary N) is 1. The van der Waals surface area contributed by atoms with Crippen LogP contribution in [0.1, 0.15) is 25.0 Å². The van der Waals surface area contributed by atoms with Gasteiger partial charge in [0.25, 0.3) is 0 Å². The molecule has 0 saturated heterocycles. The molecule has 2 aromatic rings. The standard InChI is InChI=1S/C18H18Cl2F3N3O2S/c1-4-26(16-7-5-6-14(19)17(16)20)24-12(3)13-10-11(2)8-9-15(13)25-29(27,28)18(21,22)23/h5-10,25H,4H2,1-3H3/b24-12+. The molecule has 0 heterocycles. The second-order valence-electron chi connectivity index (χ2n) is 6.07. The van der Waals surface area contributed by atoms with Crippen molar-refractivity contribution in [3.8, 4) is 0 Å². The average Bonchev–Trinajstić information content (AvgIpc) is 2.62. The highest BCUT2D eigenvalue weighted by molar-refractivity contribution is 7.93. The van der Waals surface area contributed by atoms with Crippen molar-refractivity contribution in [2.24, 2.45) is 5.10 Å².